The molecule has 1 aliphatic rings. The molecule has 1 saturated heterocycles. The fourth-order valence-corrected chi connectivity index (χ4v) is 1.38. The van der Waals surface area contributed by atoms with E-state index in [1.807, 2.05) is 0 Å². The van der Waals surface area contributed by atoms with Crippen molar-refractivity contribution in [3.05, 3.63) is 29.8 Å². The zero-order valence-electron chi connectivity index (χ0n) is 9.50. The van der Waals surface area contributed by atoms with E-state index in [1.165, 1.54) is 32.1 Å². The number of benzene rings is 1. The average Bonchev–Trinajstić information content (AvgIpc) is 2.74. The summed E-state index contributed by atoms with van der Waals surface area (Å²) >= 11 is 0. The molecule has 90 valence electrons. The van der Waals surface area contributed by atoms with Gasteiger partial charge in [-0.2, -0.15) is 4.39 Å². The monoisotopic (exact) mass is 230 g/mol. The van der Waals surface area contributed by atoms with Crippen LogP contribution in [0.15, 0.2) is 18.2 Å². The van der Waals surface area contributed by atoms with E-state index in [-0.39, 0.29) is 5.75 Å². The van der Waals surface area contributed by atoms with Crippen molar-refractivity contribution in [1.29, 1.82) is 0 Å². The first-order chi connectivity index (χ1) is 7.65. The molecule has 0 saturated carbocycles. The average molecular weight is 230 g/mol. The highest BCUT2D eigenvalue weighted by molar-refractivity contribution is 5.24. The van der Waals surface area contributed by atoms with Gasteiger partial charge in [0.05, 0.1) is 13.2 Å². The zero-order chi connectivity index (χ0) is 12.0. The molecule has 16 heavy (non-hydrogen) atoms. The third-order valence-electron chi connectivity index (χ3n) is 2.29. The molecule has 0 aromatic heterocycles. The molecule has 4 heteroatoms. The van der Waals surface area contributed by atoms with Crippen LogP contribution < -0.4 is 4.74 Å². The van der Waals surface area contributed by atoms with Crippen molar-refractivity contribution in [2.45, 2.75) is 25.9 Å². The van der Waals surface area contributed by atoms with E-state index in [1.54, 1.807) is 0 Å². The van der Waals surface area contributed by atoms with Gasteiger partial charge in [0, 0.05) is 6.61 Å². The van der Waals surface area contributed by atoms with Crippen LogP contribution >= 0.6 is 0 Å². The van der Waals surface area contributed by atoms with E-state index >= 15 is 0 Å². The fourth-order valence-electron chi connectivity index (χ4n) is 1.38. The van der Waals surface area contributed by atoms with Crippen LogP contribution in [0.5, 0.6) is 5.75 Å². The van der Waals surface area contributed by atoms with Crippen molar-refractivity contribution < 1.29 is 18.3 Å². The van der Waals surface area contributed by atoms with Gasteiger partial charge in [-0.3, -0.25) is 0 Å². The van der Waals surface area contributed by atoms with Crippen molar-refractivity contribution >= 4 is 0 Å². The number of ether oxygens (including phenoxy) is 2. The predicted octanol–water partition coefficient (Wildman–Crippen LogP) is 3.16. The van der Waals surface area contributed by atoms with Gasteiger partial charge in [-0.25, -0.2) is 4.39 Å². The lowest BCUT2D eigenvalue weighted by molar-refractivity contribution is 0.125. The van der Waals surface area contributed by atoms with Gasteiger partial charge in [-0.05, 0) is 31.9 Å². The Balaban J connectivity index is 0.000000181. The minimum atomic E-state index is -0.940. The molecule has 2 nitrogen and oxygen atoms in total. The maximum atomic E-state index is 12.5. The zero-order valence-corrected chi connectivity index (χ0v) is 9.50. The Morgan fingerprint density at radius 1 is 1.38 bits per heavy atom. The molecule has 0 radical (unpaired) electrons. The Kier molecular flexibility index (Phi) is 5.19. The Morgan fingerprint density at radius 2 is 2.12 bits per heavy atom. The van der Waals surface area contributed by atoms with E-state index in [4.69, 9.17) is 4.74 Å². The van der Waals surface area contributed by atoms with Crippen LogP contribution in [0.25, 0.3) is 0 Å². The molecule has 0 aliphatic carbocycles. The van der Waals surface area contributed by atoms with E-state index in [0.717, 1.165) is 12.7 Å². The third-order valence-corrected chi connectivity index (χ3v) is 2.29. The van der Waals surface area contributed by atoms with Crippen LogP contribution in [-0.4, -0.2) is 19.8 Å². The topological polar surface area (TPSA) is 18.5 Å². The second-order valence-electron chi connectivity index (χ2n) is 3.58. The Labute approximate surface area is 94.2 Å². The van der Waals surface area contributed by atoms with Crippen molar-refractivity contribution in [3.8, 4) is 5.75 Å². The number of halogens is 2. The van der Waals surface area contributed by atoms with Crippen LogP contribution in [0.1, 0.15) is 19.8 Å². The lowest BCUT2D eigenvalue weighted by atomic mass is 10.3. The predicted molar refractivity (Wildman–Crippen MR) is 57.6 cm³/mol. The number of hydrogen-bond acceptors (Lipinski definition) is 2. The van der Waals surface area contributed by atoms with Crippen molar-refractivity contribution in [3.63, 3.8) is 0 Å². The molecule has 1 aromatic rings. The number of methoxy groups -OCH3 is 1. The van der Waals surface area contributed by atoms with Gasteiger partial charge < -0.3 is 9.47 Å². The summed E-state index contributed by atoms with van der Waals surface area (Å²) in [5, 5.41) is 0. The molecule has 0 N–H and O–H groups in total. The lowest BCUT2D eigenvalue weighted by Gasteiger charge is -1.99. The van der Waals surface area contributed by atoms with Crippen molar-refractivity contribution in [2.75, 3.05) is 13.7 Å². The summed E-state index contributed by atoms with van der Waals surface area (Å²) in [5.74, 6) is -1.90. The number of hydrogen-bond donors (Lipinski definition) is 0. The standard InChI is InChI=1S/C7H6F2O.C5H10O/c1-10-6-4-2-3-5(8)7(6)9;1-5-3-2-4-6-5/h2-4H,1H3;5H,2-4H2,1H3. The SMILES string of the molecule is CC1CCCO1.COc1cccc(F)c1F. The highest BCUT2D eigenvalue weighted by Crippen LogP contribution is 2.17. The minimum Gasteiger partial charge on any atom is -0.494 e. The van der Waals surface area contributed by atoms with Crippen molar-refractivity contribution in [1.82, 2.24) is 0 Å². The first-order valence-corrected chi connectivity index (χ1v) is 5.24. The quantitative estimate of drug-likeness (QED) is 0.737. The van der Waals surface area contributed by atoms with Crippen LogP contribution in [0.3, 0.4) is 0 Å². The Hall–Kier alpha value is -1.16. The Bertz CT molecular complexity index is 323. The summed E-state index contributed by atoms with van der Waals surface area (Å²) < 4.78 is 34.5. The van der Waals surface area contributed by atoms with Crippen LogP contribution in [0.4, 0.5) is 8.78 Å². The first kappa shape index (κ1) is 12.9. The molecule has 1 fully saturated rings. The molecular formula is C12H16F2O2. The molecule has 0 amide bonds. The van der Waals surface area contributed by atoms with Crippen LogP contribution in [0.2, 0.25) is 0 Å². The molecule has 1 heterocycles. The molecule has 2 rings (SSSR count). The maximum absolute atomic E-state index is 12.5. The van der Waals surface area contributed by atoms with Gasteiger partial charge in [0.25, 0.3) is 0 Å². The van der Waals surface area contributed by atoms with Gasteiger partial charge in [0.15, 0.2) is 11.6 Å². The second-order valence-corrected chi connectivity index (χ2v) is 3.58. The lowest BCUT2D eigenvalue weighted by Crippen LogP contribution is -1.94. The fraction of sp³-hybridized carbons (Fsp3) is 0.500. The molecule has 0 bridgehead atoms. The molecular weight excluding hydrogens is 214 g/mol. The summed E-state index contributed by atoms with van der Waals surface area (Å²) in [6, 6.07) is 3.79. The second kappa shape index (κ2) is 6.43. The maximum Gasteiger partial charge on any atom is 0.200 e. The van der Waals surface area contributed by atoms with Crippen molar-refractivity contribution in [2.24, 2.45) is 0 Å². The summed E-state index contributed by atoms with van der Waals surface area (Å²) in [5.41, 5.74) is 0. The van der Waals surface area contributed by atoms with E-state index in [2.05, 4.69) is 11.7 Å². The Morgan fingerprint density at radius 3 is 2.50 bits per heavy atom. The van der Waals surface area contributed by atoms with E-state index in [0.29, 0.717) is 6.10 Å². The largest absolute Gasteiger partial charge is 0.494 e. The summed E-state index contributed by atoms with van der Waals surface area (Å²) in [6.07, 6.45) is 3.08. The van der Waals surface area contributed by atoms with Gasteiger partial charge in [0.1, 0.15) is 0 Å². The highest BCUT2D eigenvalue weighted by Gasteiger charge is 2.07. The minimum absolute atomic E-state index is 0.0694. The van der Waals surface area contributed by atoms with Gasteiger partial charge in [0.2, 0.25) is 5.82 Å². The molecule has 1 aromatic carbocycles. The normalized spacial score (nSPS) is 18.9. The number of rotatable bonds is 1. The van der Waals surface area contributed by atoms with E-state index < -0.39 is 11.6 Å². The smallest absolute Gasteiger partial charge is 0.200 e. The van der Waals surface area contributed by atoms with Gasteiger partial charge in [-0.1, -0.05) is 6.07 Å². The van der Waals surface area contributed by atoms with Gasteiger partial charge in [-0.15, -0.1) is 0 Å². The summed E-state index contributed by atoms with van der Waals surface area (Å²) in [4.78, 5) is 0. The van der Waals surface area contributed by atoms with E-state index in [9.17, 15) is 8.78 Å². The summed E-state index contributed by atoms with van der Waals surface area (Å²) in [7, 11) is 1.29. The molecule has 1 unspecified atom stereocenters. The third kappa shape index (κ3) is 3.77. The highest BCUT2D eigenvalue weighted by atomic mass is 19.2. The summed E-state index contributed by atoms with van der Waals surface area (Å²) in [6.45, 7) is 3.11. The van der Waals surface area contributed by atoms with Crippen LogP contribution in [0, 0.1) is 11.6 Å². The van der Waals surface area contributed by atoms with Gasteiger partial charge >= 0.3 is 0 Å². The molecule has 0 spiro atoms. The first-order valence-electron chi connectivity index (χ1n) is 5.24. The molecule has 1 aliphatic heterocycles. The molecule has 1 atom stereocenters. The van der Waals surface area contributed by atoms with Crippen LogP contribution in [-0.2, 0) is 4.74 Å².